The van der Waals surface area contributed by atoms with Crippen molar-refractivity contribution in [1.29, 1.82) is 0 Å². The number of amides is 1. The summed E-state index contributed by atoms with van der Waals surface area (Å²) < 4.78 is 0. The van der Waals surface area contributed by atoms with Crippen molar-refractivity contribution in [3.8, 4) is 0 Å². The second-order valence-corrected chi connectivity index (χ2v) is 3.38. The van der Waals surface area contributed by atoms with Gasteiger partial charge in [0.15, 0.2) is 0 Å². The van der Waals surface area contributed by atoms with E-state index in [4.69, 9.17) is 17.3 Å². The standard InChI is InChI=1S/C9H14ClN2O/c10-8(4-5-11)9(13)12-6-2-1-3-7-12/h2,4H,1,3,5-7,11H2. The van der Waals surface area contributed by atoms with Gasteiger partial charge in [-0.2, -0.15) is 0 Å². The molecule has 0 atom stereocenters. The summed E-state index contributed by atoms with van der Waals surface area (Å²) in [6, 6.07) is 0. The summed E-state index contributed by atoms with van der Waals surface area (Å²) in [4.78, 5) is 13.3. The zero-order valence-electron chi connectivity index (χ0n) is 7.50. The molecule has 1 radical (unpaired) electrons. The highest BCUT2D eigenvalue weighted by molar-refractivity contribution is 6.42. The van der Waals surface area contributed by atoms with E-state index in [9.17, 15) is 4.79 Å². The molecule has 1 amide bonds. The van der Waals surface area contributed by atoms with Crippen LogP contribution in [-0.4, -0.2) is 30.4 Å². The maximum absolute atomic E-state index is 11.5. The monoisotopic (exact) mass is 201 g/mol. The van der Waals surface area contributed by atoms with E-state index < -0.39 is 0 Å². The van der Waals surface area contributed by atoms with Gasteiger partial charge in [0.2, 0.25) is 0 Å². The maximum Gasteiger partial charge on any atom is 0.265 e. The summed E-state index contributed by atoms with van der Waals surface area (Å²) in [6.45, 7) is 1.81. The third-order valence-corrected chi connectivity index (χ3v) is 2.29. The minimum Gasteiger partial charge on any atom is -0.338 e. The molecule has 1 aliphatic rings. The lowest BCUT2D eigenvalue weighted by Gasteiger charge is -2.26. The van der Waals surface area contributed by atoms with E-state index in [-0.39, 0.29) is 10.9 Å². The maximum atomic E-state index is 11.5. The van der Waals surface area contributed by atoms with Gasteiger partial charge in [-0.15, -0.1) is 0 Å². The normalized spacial score (nSPS) is 18.9. The van der Waals surface area contributed by atoms with E-state index >= 15 is 0 Å². The van der Waals surface area contributed by atoms with Gasteiger partial charge in [-0.05, 0) is 25.3 Å². The minimum atomic E-state index is -0.108. The second kappa shape index (κ2) is 5.25. The molecule has 0 aromatic heterocycles. The minimum absolute atomic E-state index is 0.108. The van der Waals surface area contributed by atoms with Gasteiger partial charge in [0.25, 0.3) is 5.91 Å². The molecule has 2 N–H and O–H groups in total. The Labute approximate surface area is 83.5 Å². The molecular weight excluding hydrogens is 188 g/mol. The first-order chi connectivity index (χ1) is 6.25. The van der Waals surface area contributed by atoms with Crippen molar-refractivity contribution in [3.63, 3.8) is 0 Å². The molecule has 3 nitrogen and oxygen atoms in total. The Morgan fingerprint density at radius 1 is 1.69 bits per heavy atom. The molecule has 0 aromatic carbocycles. The van der Waals surface area contributed by atoms with Crippen molar-refractivity contribution < 1.29 is 4.79 Å². The number of carbonyl (C=O) groups excluding carboxylic acids is 1. The highest BCUT2D eigenvalue weighted by Crippen LogP contribution is 2.13. The molecule has 1 saturated heterocycles. The van der Waals surface area contributed by atoms with Crippen LogP contribution in [-0.2, 0) is 4.79 Å². The average molecular weight is 202 g/mol. The number of likely N-dealkylation sites (tertiary alicyclic amines) is 1. The Morgan fingerprint density at radius 3 is 3.00 bits per heavy atom. The molecule has 0 saturated carbocycles. The SMILES string of the molecule is NCC=C(Cl)C(=O)N1C[CH]CCC1. The van der Waals surface area contributed by atoms with Gasteiger partial charge < -0.3 is 10.6 Å². The Balaban J connectivity index is 2.50. The molecule has 1 heterocycles. The number of hydrogen-bond acceptors (Lipinski definition) is 2. The van der Waals surface area contributed by atoms with Crippen LogP contribution in [0.4, 0.5) is 0 Å². The third kappa shape index (κ3) is 3.01. The molecule has 4 heteroatoms. The highest BCUT2D eigenvalue weighted by atomic mass is 35.5. The molecule has 1 aliphatic heterocycles. The molecule has 73 valence electrons. The van der Waals surface area contributed by atoms with Crippen molar-refractivity contribution in [2.75, 3.05) is 19.6 Å². The van der Waals surface area contributed by atoms with Gasteiger partial charge in [-0.25, -0.2) is 0 Å². The summed E-state index contributed by atoms with van der Waals surface area (Å²) in [5.74, 6) is -0.108. The Kier molecular flexibility index (Phi) is 4.25. The first-order valence-electron chi connectivity index (χ1n) is 4.42. The largest absolute Gasteiger partial charge is 0.338 e. The van der Waals surface area contributed by atoms with Crippen molar-refractivity contribution in [1.82, 2.24) is 4.90 Å². The molecule has 0 spiro atoms. The summed E-state index contributed by atoms with van der Waals surface area (Å²) in [5, 5.41) is 0.234. The van der Waals surface area contributed by atoms with E-state index in [1.165, 1.54) is 0 Å². The summed E-state index contributed by atoms with van der Waals surface area (Å²) in [5.41, 5.74) is 5.26. The molecule has 1 rings (SSSR count). The van der Waals surface area contributed by atoms with Crippen LogP contribution in [0.5, 0.6) is 0 Å². The van der Waals surface area contributed by atoms with Gasteiger partial charge in [-0.3, -0.25) is 4.79 Å². The number of carbonyl (C=O) groups is 1. The fourth-order valence-electron chi connectivity index (χ4n) is 1.29. The van der Waals surface area contributed by atoms with Crippen LogP contribution >= 0.6 is 11.6 Å². The van der Waals surface area contributed by atoms with Gasteiger partial charge in [0, 0.05) is 19.6 Å². The molecule has 0 bridgehead atoms. The predicted octanol–water partition coefficient (Wildman–Crippen LogP) is 0.894. The third-order valence-electron chi connectivity index (χ3n) is 1.97. The number of piperidine rings is 1. The smallest absolute Gasteiger partial charge is 0.265 e. The number of nitrogens with zero attached hydrogens (tertiary/aromatic N) is 1. The van der Waals surface area contributed by atoms with Gasteiger partial charge >= 0.3 is 0 Å². The van der Waals surface area contributed by atoms with Crippen molar-refractivity contribution >= 4 is 17.5 Å². The topological polar surface area (TPSA) is 46.3 Å². The van der Waals surface area contributed by atoms with Crippen molar-refractivity contribution in [3.05, 3.63) is 17.5 Å². The zero-order chi connectivity index (χ0) is 9.68. The summed E-state index contributed by atoms with van der Waals surface area (Å²) in [7, 11) is 0. The Bertz CT molecular complexity index is 210. The molecule has 0 aliphatic carbocycles. The van der Waals surface area contributed by atoms with Gasteiger partial charge in [0.1, 0.15) is 5.03 Å². The highest BCUT2D eigenvalue weighted by Gasteiger charge is 2.18. The fourth-order valence-corrected chi connectivity index (χ4v) is 1.50. The molecule has 13 heavy (non-hydrogen) atoms. The van der Waals surface area contributed by atoms with E-state index in [1.54, 1.807) is 11.0 Å². The van der Waals surface area contributed by atoms with E-state index in [2.05, 4.69) is 6.42 Å². The Morgan fingerprint density at radius 2 is 2.46 bits per heavy atom. The summed E-state index contributed by atoms with van der Waals surface area (Å²) in [6.07, 6.45) is 5.74. The van der Waals surface area contributed by atoms with Gasteiger partial charge in [0.05, 0.1) is 0 Å². The molecule has 1 fully saturated rings. The van der Waals surface area contributed by atoms with Crippen molar-refractivity contribution in [2.45, 2.75) is 12.8 Å². The molecule has 0 unspecified atom stereocenters. The van der Waals surface area contributed by atoms with E-state index in [1.807, 2.05) is 0 Å². The lowest BCUT2D eigenvalue weighted by atomic mass is 10.1. The molecular formula is C9H14ClN2O. The number of hydrogen-bond donors (Lipinski definition) is 1. The first kappa shape index (κ1) is 10.5. The van der Waals surface area contributed by atoms with Crippen LogP contribution in [0.1, 0.15) is 12.8 Å². The van der Waals surface area contributed by atoms with Gasteiger partial charge in [-0.1, -0.05) is 11.6 Å². The van der Waals surface area contributed by atoms with Crippen LogP contribution in [0.15, 0.2) is 11.1 Å². The van der Waals surface area contributed by atoms with Crippen LogP contribution in [0.2, 0.25) is 0 Å². The van der Waals surface area contributed by atoms with Crippen molar-refractivity contribution in [2.24, 2.45) is 5.73 Å². The van der Waals surface area contributed by atoms with Crippen LogP contribution in [0.3, 0.4) is 0 Å². The molecule has 0 aromatic rings. The van der Waals surface area contributed by atoms with E-state index in [0.717, 1.165) is 19.4 Å². The lowest BCUT2D eigenvalue weighted by molar-refractivity contribution is -0.126. The number of nitrogens with two attached hydrogens (primary N) is 1. The number of halogens is 1. The quantitative estimate of drug-likeness (QED) is 0.675. The van der Waals surface area contributed by atoms with Crippen LogP contribution in [0, 0.1) is 6.42 Å². The average Bonchev–Trinajstić information content (AvgIpc) is 2.18. The predicted molar refractivity (Wildman–Crippen MR) is 53.1 cm³/mol. The fraction of sp³-hybridized carbons (Fsp3) is 0.556. The zero-order valence-corrected chi connectivity index (χ0v) is 8.26. The Hall–Kier alpha value is -0.540. The van der Waals surface area contributed by atoms with E-state index in [0.29, 0.717) is 13.1 Å². The number of rotatable bonds is 2. The van der Waals surface area contributed by atoms with Crippen LogP contribution < -0.4 is 5.73 Å². The lowest BCUT2D eigenvalue weighted by Crippen LogP contribution is -2.36. The van der Waals surface area contributed by atoms with Crippen LogP contribution in [0.25, 0.3) is 0 Å². The second-order valence-electron chi connectivity index (χ2n) is 2.97. The summed E-state index contributed by atoms with van der Waals surface area (Å²) >= 11 is 5.74. The first-order valence-corrected chi connectivity index (χ1v) is 4.80.